The number of amides is 2. The van der Waals surface area contributed by atoms with Crippen LogP contribution in [0.4, 0.5) is 0 Å². The highest BCUT2D eigenvalue weighted by molar-refractivity contribution is 5.99. The SMILES string of the molecule is CC(C)(C)OC(=O)CN1CCC(c2ccc(OC3CCC(=O)NC3=O)cn2)CC1. The maximum Gasteiger partial charge on any atom is 0.320 e. The van der Waals surface area contributed by atoms with E-state index in [1.807, 2.05) is 32.9 Å². The number of likely N-dealkylation sites (tertiary alicyclic amines) is 1. The van der Waals surface area contributed by atoms with Crippen LogP contribution in [0, 0.1) is 0 Å². The molecule has 2 amide bonds. The minimum atomic E-state index is -0.656. The van der Waals surface area contributed by atoms with Crippen molar-refractivity contribution in [2.75, 3.05) is 19.6 Å². The summed E-state index contributed by atoms with van der Waals surface area (Å²) in [5, 5.41) is 2.28. The van der Waals surface area contributed by atoms with Crippen LogP contribution in [-0.4, -0.2) is 59.0 Å². The zero-order valence-electron chi connectivity index (χ0n) is 17.3. The van der Waals surface area contributed by atoms with E-state index in [1.165, 1.54) is 0 Å². The van der Waals surface area contributed by atoms with Gasteiger partial charge in [-0.1, -0.05) is 0 Å². The van der Waals surface area contributed by atoms with E-state index in [-0.39, 0.29) is 18.3 Å². The van der Waals surface area contributed by atoms with Crippen LogP contribution in [0.2, 0.25) is 0 Å². The number of nitrogens with one attached hydrogen (secondary N) is 1. The Morgan fingerprint density at radius 2 is 1.93 bits per heavy atom. The van der Waals surface area contributed by atoms with Crippen molar-refractivity contribution in [3.63, 3.8) is 0 Å². The van der Waals surface area contributed by atoms with Gasteiger partial charge in [0.15, 0.2) is 6.10 Å². The lowest BCUT2D eigenvalue weighted by atomic mass is 9.93. The van der Waals surface area contributed by atoms with Gasteiger partial charge in [-0.15, -0.1) is 0 Å². The number of rotatable bonds is 5. The second-order valence-electron chi connectivity index (χ2n) is 8.61. The summed E-state index contributed by atoms with van der Waals surface area (Å²) in [6.07, 6.45) is 3.47. The third kappa shape index (κ3) is 6.25. The normalized spacial score (nSPS) is 21.6. The Morgan fingerprint density at radius 3 is 2.52 bits per heavy atom. The van der Waals surface area contributed by atoms with Gasteiger partial charge in [-0.3, -0.25) is 29.6 Å². The Hall–Kier alpha value is -2.48. The maximum absolute atomic E-state index is 12.0. The summed E-state index contributed by atoms with van der Waals surface area (Å²) >= 11 is 0. The molecule has 29 heavy (non-hydrogen) atoms. The molecule has 158 valence electrons. The van der Waals surface area contributed by atoms with Crippen LogP contribution in [0.1, 0.15) is 58.1 Å². The molecule has 1 unspecified atom stereocenters. The van der Waals surface area contributed by atoms with Crippen molar-refractivity contribution in [1.29, 1.82) is 0 Å². The molecule has 2 aliphatic rings. The standard InChI is InChI=1S/C21H29N3O5/c1-21(2,3)29-19(26)13-24-10-8-14(9-11-24)16-5-4-15(12-22-16)28-17-6-7-18(25)23-20(17)27/h4-5,12,14,17H,6-11,13H2,1-3H3,(H,23,25,27). The highest BCUT2D eigenvalue weighted by Gasteiger charge is 2.29. The molecule has 0 bridgehead atoms. The van der Waals surface area contributed by atoms with E-state index >= 15 is 0 Å². The lowest BCUT2D eigenvalue weighted by Crippen LogP contribution is -2.46. The van der Waals surface area contributed by atoms with Gasteiger partial charge in [-0.25, -0.2) is 0 Å². The first-order chi connectivity index (χ1) is 13.7. The Balaban J connectivity index is 1.47. The van der Waals surface area contributed by atoms with Gasteiger partial charge in [0, 0.05) is 24.5 Å². The summed E-state index contributed by atoms with van der Waals surface area (Å²) in [5.41, 5.74) is 0.522. The summed E-state index contributed by atoms with van der Waals surface area (Å²) < 4.78 is 11.1. The number of aromatic nitrogens is 1. The van der Waals surface area contributed by atoms with Crippen molar-refractivity contribution in [2.24, 2.45) is 0 Å². The number of carbonyl (C=O) groups is 3. The van der Waals surface area contributed by atoms with Crippen molar-refractivity contribution < 1.29 is 23.9 Å². The van der Waals surface area contributed by atoms with Crippen LogP contribution in [-0.2, 0) is 19.1 Å². The van der Waals surface area contributed by atoms with Crippen LogP contribution in [0.3, 0.4) is 0 Å². The molecule has 0 aromatic carbocycles. The molecular formula is C21H29N3O5. The smallest absolute Gasteiger partial charge is 0.320 e. The molecule has 0 radical (unpaired) electrons. The molecule has 8 nitrogen and oxygen atoms in total. The quantitative estimate of drug-likeness (QED) is 0.591. The molecule has 3 rings (SSSR count). The first kappa shape index (κ1) is 21.2. The highest BCUT2D eigenvalue weighted by atomic mass is 16.6. The van der Waals surface area contributed by atoms with E-state index in [2.05, 4.69) is 15.2 Å². The topological polar surface area (TPSA) is 97.8 Å². The van der Waals surface area contributed by atoms with Gasteiger partial charge in [0.1, 0.15) is 11.4 Å². The van der Waals surface area contributed by atoms with Gasteiger partial charge in [0.05, 0.1) is 12.7 Å². The Labute approximate surface area is 170 Å². The Kier molecular flexibility index (Phi) is 6.52. The average molecular weight is 403 g/mol. The molecule has 2 saturated heterocycles. The molecule has 1 N–H and O–H groups in total. The first-order valence-electron chi connectivity index (χ1n) is 10.1. The number of imide groups is 1. The van der Waals surface area contributed by atoms with E-state index in [9.17, 15) is 14.4 Å². The molecule has 1 atom stereocenters. The van der Waals surface area contributed by atoms with E-state index in [0.29, 0.717) is 24.6 Å². The molecule has 8 heteroatoms. The third-order valence-electron chi connectivity index (χ3n) is 5.00. The highest BCUT2D eigenvalue weighted by Crippen LogP contribution is 2.28. The van der Waals surface area contributed by atoms with Crippen LogP contribution < -0.4 is 10.1 Å². The van der Waals surface area contributed by atoms with Crippen molar-refractivity contribution in [3.8, 4) is 5.75 Å². The largest absolute Gasteiger partial charge is 0.479 e. The van der Waals surface area contributed by atoms with Gasteiger partial charge in [0.2, 0.25) is 5.91 Å². The summed E-state index contributed by atoms with van der Waals surface area (Å²) in [5.74, 6) is -0.00630. The first-order valence-corrected chi connectivity index (χ1v) is 10.1. The number of hydrogen-bond donors (Lipinski definition) is 1. The summed E-state index contributed by atoms with van der Waals surface area (Å²) in [6, 6.07) is 3.74. The van der Waals surface area contributed by atoms with E-state index in [1.54, 1.807) is 6.20 Å². The molecule has 0 aliphatic carbocycles. The number of piperidine rings is 2. The molecule has 3 heterocycles. The number of carbonyl (C=O) groups excluding carboxylic acids is 3. The summed E-state index contributed by atoms with van der Waals surface area (Å²) in [4.78, 5) is 41.6. The average Bonchev–Trinajstić information content (AvgIpc) is 2.64. The predicted molar refractivity (Wildman–Crippen MR) is 105 cm³/mol. The van der Waals surface area contributed by atoms with Crippen molar-refractivity contribution in [2.45, 2.75) is 64.1 Å². The van der Waals surface area contributed by atoms with Gasteiger partial charge >= 0.3 is 5.97 Å². The molecule has 2 aliphatic heterocycles. The van der Waals surface area contributed by atoms with Crippen LogP contribution in [0.25, 0.3) is 0 Å². The van der Waals surface area contributed by atoms with Gasteiger partial charge in [0.25, 0.3) is 5.91 Å². The lowest BCUT2D eigenvalue weighted by Gasteiger charge is -2.31. The van der Waals surface area contributed by atoms with E-state index in [4.69, 9.17) is 9.47 Å². The summed E-state index contributed by atoms with van der Waals surface area (Å²) in [7, 11) is 0. The summed E-state index contributed by atoms with van der Waals surface area (Å²) in [6.45, 7) is 7.57. The molecular weight excluding hydrogens is 374 g/mol. The number of hydrogen-bond acceptors (Lipinski definition) is 7. The number of nitrogens with zero attached hydrogens (tertiary/aromatic N) is 2. The lowest BCUT2D eigenvalue weighted by molar-refractivity contribution is -0.156. The van der Waals surface area contributed by atoms with Gasteiger partial charge in [-0.2, -0.15) is 0 Å². The van der Waals surface area contributed by atoms with Crippen molar-refractivity contribution in [1.82, 2.24) is 15.2 Å². The number of esters is 1. The van der Waals surface area contributed by atoms with Crippen LogP contribution >= 0.6 is 0 Å². The van der Waals surface area contributed by atoms with Crippen LogP contribution in [0.15, 0.2) is 18.3 Å². The number of ether oxygens (including phenoxy) is 2. The predicted octanol–water partition coefficient (Wildman–Crippen LogP) is 1.79. The van der Waals surface area contributed by atoms with E-state index in [0.717, 1.165) is 31.6 Å². The zero-order valence-corrected chi connectivity index (χ0v) is 17.3. The van der Waals surface area contributed by atoms with Gasteiger partial charge < -0.3 is 9.47 Å². The van der Waals surface area contributed by atoms with Crippen LogP contribution in [0.5, 0.6) is 5.75 Å². The molecule has 2 fully saturated rings. The maximum atomic E-state index is 12.0. The Bertz CT molecular complexity index is 749. The molecule has 0 saturated carbocycles. The fourth-order valence-electron chi connectivity index (χ4n) is 3.60. The molecule has 1 aromatic heterocycles. The third-order valence-corrected chi connectivity index (χ3v) is 5.00. The van der Waals surface area contributed by atoms with Gasteiger partial charge in [-0.05, 0) is 58.8 Å². The molecule has 0 spiro atoms. The monoisotopic (exact) mass is 403 g/mol. The fraction of sp³-hybridized carbons (Fsp3) is 0.619. The second kappa shape index (κ2) is 8.90. The fourth-order valence-corrected chi connectivity index (χ4v) is 3.60. The molecule has 1 aromatic rings. The van der Waals surface area contributed by atoms with E-state index < -0.39 is 17.6 Å². The Morgan fingerprint density at radius 1 is 1.21 bits per heavy atom. The van der Waals surface area contributed by atoms with Crippen molar-refractivity contribution >= 4 is 17.8 Å². The van der Waals surface area contributed by atoms with Crippen molar-refractivity contribution in [3.05, 3.63) is 24.0 Å². The second-order valence-corrected chi connectivity index (χ2v) is 8.61. The minimum Gasteiger partial charge on any atom is -0.479 e. The number of pyridine rings is 1. The minimum absolute atomic E-state index is 0.191. The zero-order chi connectivity index (χ0) is 21.0.